The molecule has 5 heteroatoms. The van der Waals surface area contributed by atoms with Crippen LogP contribution in [-0.2, 0) is 4.74 Å². The average molecular weight is 314 g/mol. The first kappa shape index (κ1) is 16.9. The van der Waals surface area contributed by atoms with Gasteiger partial charge in [0.1, 0.15) is 0 Å². The minimum Gasteiger partial charge on any atom is -0.380 e. The zero-order valence-corrected chi connectivity index (χ0v) is 14.5. The van der Waals surface area contributed by atoms with Gasteiger partial charge in [0.15, 0.2) is 5.96 Å². The van der Waals surface area contributed by atoms with Crippen LogP contribution in [0.4, 0.5) is 0 Å². The lowest BCUT2D eigenvalue weighted by Gasteiger charge is -2.45. The van der Waals surface area contributed by atoms with Crippen molar-refractivity contribution in [1.29, 1.82) is 0 Å². The summed E-state index contributed by atoms with van der Waals surface area (Å²) >= 11 is 2.21. The normalized spacial score (nSPS) is 22.6. The molecule has 1 spiro atoms. The number of nitrogens with zero attached hydrogens (tertiary/aromatic N) is 2. The summed E-state index contributed by atoms with van der Waals surface area (Å²) in [5.74, 6) is 2.32. The summed E-state index contributed by atoms with van der Waals surface area (Å²) in [4.78, 5) is 7.23. The van der Waals surface area contributed by atoms with Crippen molar-refractivity contribution < 1.29 is 4.74 Å². The second-order valence-electron chi connectivity index (χ2n) is 5.95. The molecule has 0 aromatic heterocycles. The first-order chi connectivity index (χ1) is 10.3. The first-order valence-corrected chi connectivity index (χ1v) is 9.53. The lowest BCUT2D eigenvalue weighted by molar-refractivity contribution is 0.155. The van der Waals surface area contributed by atoms with Crippen molar-refractivity contribution in [2.75, 3.05) is 45.1 Å². The van der Waals surface area contributed by atoms with Gasteiger partial charge >= 0.3 is 0 Å². The Hall–Kier alpha value is -0.420. The predicted molar refractivity (Wildman–Crippen MR) is 92.3 cm³/mol. The van der Waals surface area contributed by atoms with E-state index >= 15 is 0 Å². The largest absolute Gasteiger partial charge is 0.380 e. The van der Waals surface area contributed by atoms with Gasteiger partial charge in [0.25, 0.3) is 0 Å². The molecule has 4 nitrogen and oxygen atoms in total. The van der Waals surface area contributed by atoms with Gasteiger partial charge in [-0.1, -0.05) is 19.3 Å². The molecule has 0 aromatic carbocycles. The van der Waals surface area contributed by atoms with E-state index in [4.69, 9.17) is 9.73 Å². The Morgan fingerprint density at radius 2 is 2.10 bits per heavy atom. The molecule has 21 heavy (non-hydrogen) atoms. The predicted octanol–water partition coefficient (Wildman–Crippen LogP) is 2.74. The van der Waals surface area contributed by atoms with Crippen LogP contribution in [0.3, 0.4) is 0 Å². The molecule has 122 valence electrons. The Balaban J connectivity index is 1.94. The highest BCUT2D eigenvalue weighted by Gasteiger charge is 2.38. The van der Waals surface area contributed by atoms with E-state index in [1.54, 1.807) is 0 Å². The number of guanidine groups is 1. The van der Waals surface area contributed by atoms with E-state index in [0.717, 1.165) is 45.4 Å². The maximum Gasteiger partial charge on any atom is 0.194 e. The standard InChI is InChI=1S/C16H31N3OS/c1-3-17-15(18-10-12-20-4-2)19-11-13-21-16(14-19)8-6-5-7-9-16/h3-14H2,1-2H3,(H,17,18). The van der Waals surface area contributed by atoms with Crippen LogP contribution in [0.2, 0.25) is 0 Å². The molecule has 0 amide bonds. The quantitative estimate of drug-likeness (QED) is 0.481. The Bertz CT molecular complexity index is 324. The SMILES string of the molecule is CCNC(=NCCOCC)N1CCSC2(CCCCC2)C1. The maximum atomic E-state index is 5.40. The molecule has 1 aliphatic carbocycles. The number of aliphatic imine (C=N–C) groups is 1. The van der Waals surface area contributed by atoms with E-state index in [0.29, 0.717) is 4.75 Å². The molecule has 0 atom stereocenters. The average Bonchev–Trinajstić information content (AvgIpc) is 2.51. The van der Waals surface area contributed by atoms with Gasteiger partial charge in [-0.05, 0) is 26.7 Å². The minimum atomic E-state index is 0.493. The van der Waals surface area contributed by atoms with E-state index in [2.05, 4.69) is 28.9 Å². The zero-order valence-electron chi connectivity index (χ0n) is 13.7. The lowest BCUT2D eigenvalue weighted by atomic mass is 9.87. The molecule has 2 rings (SSSR count). The molecular formula is C16H31N3OS. The van der Waals surface area contributed by atoms with Gasteiger partial charge in [0.05, 0.1) is 13.2 Å². The van der Waals surface area contributed by atoms with Crippen molar-refractivity contribution in [3.63, 3.8) is 0 Å². The van der Waals surface area contributed by atoms with Crippen LogP contribution in [0.25, 0.3) is 0 Å². The van der Waals surface area contributed by atoms with Crippen molar-refractivity contribution >= 4 is 17.7 Å². The summed E-state index contributed by atoms with van der Waals surface area (Å²) in [5, 5.41) is 3.46. The highest BCUT2D eigenvalue weighted by Crippen LogP contribution is 2.42. The number of rotatable bonds is 5. The van der Waals surface area contributed by atoms with Gasteiger partial charge in [-0.3, -0.25) is 4.99 Å². The monoisotopic (exact) mass is 313 g/mol. The van der Waals surface area contributed by atoms with Crippen molar-refractivity contribution in [2.24, 2.45) is 4.99 Å². The molecule has 2 aliphatic rings. The van der Waals surface area contributed by atoms with Gasteiger partial charge in [-0.2, -0.15) is 11.8 Å². The topological polar surface area (TPSA) is 36.9 Å². The van der Waals surface area contributed by atoms with Crippen LogP contribution in [0, 0.1) is 0 Å². The van der Waals surface area contributed by atoms with Crippen LogP contribution in [0.1, 0.15) is 46.0 Å². The van der Waals surface area contributed by atoms with Gasteiger partial charge < -0.3 is 15.0 Å². The Morgan fingerprint density at radius 3 is 2.81 bits per heavy atom. The maximum absolute atomic E-state index is 5.40. The molecule has 0 aromatic rings. The lowest BCUT2D eigenvalue weighted by Crippen LogP contribution is -2.53. The second kappa shape index (κ2) is 8.89. The molecule has 0 radical (unpaired) electrons. The van der Waals surface area contributed by atoms with Crippen molar-refractivity contribution in [3.05, 3.63) is 0 Å². The van der Waals surface area contributed by atoms with E-state index in [9.17, 15) is 0 Å². The minimum absolute atomic E-state index is 0.493. The summed E-state index contributed by atoms with van der Waals surface area (Å²) in [7, 11) is 0. The number of thioether (sulfide) groups is 1. The van der Waals surface area contributed by atoms with Gasteiger partial charge in [0, 0.05) is 36.7 Å². The van der Waals surface area contributed by atoms with E-state index in [1.807, 2.05) is 6.92 Å². The Labute approximate surface area is 134 Å². The third kappa shape index (κ3) is 5.06. The van der Waals surface area contributed by atoms with E-state index in [1.165, 1.54) is 37.9 Å². The van der Waals surface area contributed by atoms with Gasteiger partial charge in [-0.15, -0.1) is 0 Å². The van der Waals surface area contributed by atoms with Crippen LogP contribution in [-0.4, -0.2) is 60.8 Å². The van der Waals surface area contributed by atoms with Crippen molar-refractivity contribution in [2.45, 2.75) is 50.7 Å². The van der Waals surface area contributed by atoms with Crippen LogP contribution < -0.4 is 5.32 Å². The summed E-state index contributed by atoms with van der Waals surface area (Å²) in [6.07, 6.45) is 6.99. The van der Waals surface area contributed by atoms with Crippen molar-refractivity contribution in [3.8, 4) is 0 Å². The third-order valence-corrected chi connectivity index (χ3v) is 5.89. The molecule has 1 saturated carbocycles. The fourth-order valence-corrected chi connectivity index (χ4v) is 4.88. The molecule has 1 saturated heterocycles. The van der Waals surface area contributed by atoms with Gasteiger partial charge in [0.2, 0.25) is 0 Å². The molecule has 2 fully saturated rings. The Morgan fingerprint density at radius 1 is 1.29 bits per heavy atom. The number of hydrogen-bond donors (Lipinski definition) is 1. The molecule has 0 bridgehead atoms. The zero-order chi connectivity index (χ0) is 15.0. The molecule has 0 unspecified atom stereocenters. The van der Waals surface area contributed by atoms with E-state index in [-0.39, 0.29) is 0 Å². The highest BCUT2D eigenvalue weighted by molar-refractivity contribution is 8.00. The fourth-order valence-electron chi connectivity index (χ4n) is 3.31. The van der Waals surface area contributed by atoms with Crippen molar-refractivity contribution in [1.82, 2.24) is 10.2 Å². The summed E-state index contributed by atoms with van der Waals surface area (Å²) in [6, 6.07) is 0. The molecular weight excluding hydrogens is 282 g/mol. The molecule has 1 heterocycles. The Kier molecular flexibility index (Phi) is 7.17. The smallest absolute Gasteiger partial charge is 0.194 e. The van der Waals surface area contributed by atoms with Crippen LogP contribution >= 0.6 is 11.8 Å². The van der Waals surface area contributed by atoms with Crippen LogP contribution in [0.5, 0.6) is 0 Å². The highest BCUT2D eigenvalue weighted by atomic mass is 32.2. The number of hydrogen-bond acceptors (Lipinski definition) is 3. The molecule has 1 aliphatic heterocycles. The summed E-state index contributed by atoms with van der Waals surface area (Å²) in [6.45, 7) is 9.65. The fraction of sp³-hybridized carbons (Fsp3) is 0.938. The number of nitrogens with one attached hydrogen (secondary N) is 1. The van der Waals surface area contributed by atoms with Gasteiger partial charge in [-0.25, -0.2) is 0 Å². The summed E-state index contributed by atoms with van der Waals surface area (Å²) < 4.78 is 5.89. The van der Waals surface area contributed by atoms with Crippen LogP contribution in [0.15, 0.2) is 4.99 Å². The molecule has 1 N–H and O–H groups in total. The first-order valence-electron chi connectivity index (χ1n) is 8.54. The van der Waals surface area contributed by atoms with E-state index < -0.39 is 0 Å². The number of ether oxygens (including phenoxy) is 1. The third-order valence-electron chi connectivity index (χ3n) is 4.35. The summed E-state index contributed by atoms with van der Waals surface area (Å²) in [5.41, 5.74) is 0. The second-order valence-corrected chi connectivity index (χ2v) is 7.51.